The molecule has 0 aliphatic carbocycles. The van der Waals surface area contributed by atoms with Crippen LogP contribution in [0.1, 0.15) is 36.2 Å². The third-order valence-electron chi connectivity index (χ3n) is 6.31. The van der Waals surface area contributed by atoms with Crippen molar-refractivity contribution in [2.75, 3.05) is 26.2 Å². The maximum Gasteiger partial charge on any atom is 0.262 e. The first kappa shape index (κ1) is 22.4. The molecule has 2 aromatic rings. The van der Waals surface area contributed by atoms with Crippen molar-refractivity contribution in [1.82, 2.24) is 24.5 Å². The standard InChI is InChI=1S/C23H29F2N5O2/c1-3-27(12-17-11-26-29(4-2)13-17)22(32)20-10-23(24,25)16-30(20)19-14-28(15-19)21(31)18-8-6-5-7-9-18/h5-9,11,13,19-20H,3-4,10,12,14-16H2,1-2H3/t20-/m0/s1. The van der Waals surface area contributed by atoms with E-state index in [2.05, 4.69) is 5.10 Å². The Morgan fingerprint density at radius 1 is 1.19 bits per heavy atom. The van der Waals surface area contributed by atoms with Gasteiger partial charge in [-0.05, 0) is 26.0 Å². The number of halogens is 2. The Balaban J connectivity index is 1.43. The summed E-state index contributed by atoms with van der Waals surface area (Å²) in [6, 6.07) is 7.78. The number of alkyl halides is 2. The Labute approximate surface area is 186 Å². The molecule has 1 aromatic heterocycles. The van der Waals surface area contributed by atoms with Gasteiger partial charge in [-0.3, -0.25) is 19.2 Å². The van der Waals surface area contributed by atoms with Crippen LogP contribution in [0.25, 0.3) is 0 Å². The first-order chi connectivity index (χ1) is 15.3. The fourth-order valence-electron chi connectivity index (χ4n) is 4.49. The van der Waals surface area contributed by atoms with E-state index in [9.17, 15) is 18.4 Å². The van der Waals surface area contributed by atoms with Gasteiger partial charge in [0, 0.05) is 62.5 Å². The zero-order valence-corrected chi connectivity index (χ0v) is 18.5. The molecule has 32 heavy (non-hydrogen) atoms. The summed E-state index contributed by atoms with van der Waals surface area (Å²) in [6.45, 7) is 5.57. The zero-order valence-electron chi connectivity index (χ0n) is 18.5. The molecule has 2 amide bonds. The summed E-state index contributed by atoms with van der Waals surface area (Å²) in [6.07, 6.45) is 3.09. The summed E-state index contributed by atoms with van der Waals surface area (Å²) in [5, 5.41) is 4.23. The Hall–Kier alpha value is -2.81. The van der Waals surface area contributed by atoms with Gasteiger partial charge in [0.15, 0.2) is 0 Å². The predicted molar refractivity (Wildman–Crippen MR) is 115 cm³/mol. The molecule has 2 aliphatic heterocycles. The predicted octanol–water partition coefficient (Wildman–Crippen LogP) is 2.49. The minimum absolute atomic E-state index is 0.112. The summed E-state index contributed by atoms with van der Waals surface area (Å²) in [4.78, 5) is 30.7. The molecule has 0 bridgehead atoms. The minimum atomic E-state index is -2.92. The number of likely N-dealkylation sites (N-methyl/N-ethyl adjacent to an activating group) is 1. The molecule has 1 aromatic carbocycles. The number of benzene rings is 1. The van der Waals surface area contributed by atoms with Crippen molar-refractivity contribution in [1.29, 1.82) is 0 Å². The Bertz CT molecular complexity index is 958. The SMILES string of the molecule is CCN(Cc1cnn(CC)c1)C(=O)[C@@H]1CC(F)(F)CN1C1CN(C(=O)c2ccccc2)C1. The average Bonchev–Trinajstić information content (AvgIpc) is 3.34. The van der Waals surface area contributed by atoms with Gasteiger partial charge < -0.3 is 9.80 Å². The van der Waals surface area contributed by atoms with E-state index in [1.807, 2.05) is 26.1 Å². The van der Waals surface area contributed by atoms with Crippen LogP contribution in [0.3, 0.4) is 0 Å². The first-order valence-corrected chi connectivity index (χ1v) is 11.1. The van der Waals surface area contributed by atoms with Crippen LogP contribution in [0, 0.1) is 0 Å². The van der Waals surface area contributed by atoms with E-state index in [1.165, 1.54) is 0 Å². The Kier molecular flexibility index (Phi) is 6.28. The highest BCUT2D eigenvalue weighted by atomic mass is 19.3. The lowest BCUT2D eigenvalue weighted by Gasteiger charge is -2.46. The molecule has 9 heteroatoms. The second-order valence-electron chi connectivity index (χ2n) is 8.53. The van der Waals surface area contributed by atoms with Crippen molar-refractivity contribution in [3.63, 3.8) is 0 Å². The summed E-state index contributed by atoms with van der Waals surface area (Å²) in [7, 11) is 0. The van der Waals surface area contributed by atoms with Crippen LogP contribution in [-0.4, -0.2) is 80.5 Å². The van der Waals surface area contributed by atoms with Crippen molar-refractivity contribution < 1.29 is 18.4 Å². The molecule has 0 N–H and O–H groups in total. The van der Waals surface area contributed by atoms with Crippen molar-refractivity contribution in [2.45, 2.75) is 51.4 Å². The maximum atomic E-state index is 14.4. The number of likely N-dealkylation sites (tertiary alicyclic amines) is 2. The van der Waals surface area contributed by atoms with E-state index in [4.69, 9.17) is 0 Å². The van der Waals surface area contributed by atoms with Gasteiger partial charge in [0.1, 0.15) is 0 Å². The topological polar surface area (TPSA) is 61.7 Å². The zero-order chi connectivity index (χ0) is 22.9. The highest BCUT2D eigenvalue weighted by Gasteiger charge is 2.53. The van der Waals surface area contributed by atoms with Gasteiger partial charge in [-0.25, -0.2) is 8.78 Å². The largest absolute Gasteiger partial charge is 0.337 e. The smallest absolute Gasteiger partial charge is 0.262 e. The normalized spacial score (nSPS) is 20.9. The number of carbonyl (C=O) groups excluding carboxylic acids is 2. The first-order valence-electron chi connectivity index (χ1n) is 11.1. The van der Waals surface area contributed by atoms with E-state index in [1.54, 1.807) is 49.8 Å². The number of hydrogen-bond donors (Lipinski definition) is 0. The molecule has 0 radical (unpaired) electrons. The van der Waals surface area contributed by atoms with Crippen molar-refractivity contribution in [2.24, 2.45) is 0 Å². The molecule has 7 nitrogen and oxygen atoms in total. The Morgan fingerprint density at radius 3 is 2.53 bits per heavy atom. The summed E-state index contributed by atoms with van der Waals surface area (Å²) < 4.78 is 30.5. The molecule has 3 heterocycles. The average molecular weight is 446 g/mol. The number of hydrogen-bond acceptors (Lipinski definition) is 4. The second-order valence-corrected chi connectivity index (χ2v) is 8.53. The molecular formula is C23H29F2N5O2. The van der Waals surface area contributed by atoms with Crippen LogP contribution in [0.2, 0.25) is 0 Å². The summed E-state index contributed by atoms with van der Waals surface area (Å²) >= 11 is 0. The van der Waals surface area contributed by atoms with Crippen LogP contribution in [0.5, 0.6) is 0 Å². The third-order valence-corrected chi connectivity index (χ3v) is 6.31. The van der Waals surface area contributed by atoms with Crippen molar-refractivity contribution in [3.05, 3.63) is 53.9 Å². The fraction of sp³-hybridized carbons (Fsp3) is 0.522. The summed E-state index contributed by atoms with van der Waals surface area (Å²) in [5.74, 6) is -3.32. The lowest BCUT2D eigenvalue weighted by Crippen LogP contribution is -2.63. The maximum absolute atomic E-state index is 14.4. The highest BCUT2D eigenvalue weighted by molar-refractivity contribution is 5.94. The number of rotatable bonds is 7. The van der Waals surface area contributed by atoms with Gasteiger partial charge in [0.2, 0.25) is 5.91 Å². The number of aryl methyl sites for hydroxylation is 1. The van der Waals surface area contributed by atoms with Gasteiger partial charge in [-0.1, -0.05) is 18.2 Å². The van der Waals surface area contributed by atoms with Crippen molar-refractivity contribution in [3.8, 4) is 0 Å². The van der Waals surface area contributed by atoms with Crippen LogP contribution in [0.15, 0.2) is 42.7 Å². The molecule has 0 unspecified atom stereocenters. The molecule has 172 valence electrons. The van der Waals surface area contributed by atoms with Crippen LogP contribution in [0.4, 0.5) is 8.78 Å². The number of nitrogens with zero attached hydrogens (tertiary/aromatic N) is 5. The molecule has 1 atom stereocenters. The lowest BCUT2D eigenvalue weighted by atomic mass is 10.0. The number of aromatic nitrogens is 2. The number of carbonyl (C=O) groups is 2. The third kappa shape index (κ3) is 4.53. The van der Waals surface area contributed by atoms with E-state index >= 15 is 0 Å². The summed E-state index contributed by atoms with van der Waals surface area (Å²) in [5.41, 5.74) is 1.46. The van der Waals surface area contributed by atoms with E-state index in [0.717, 1.165) is 12.1 Å². The molecule has 0 saturated carbocycles. The highest BCUT2D eigenvalue weighted by Crippen LogP contribution is 2.36. The van der Waals surface area contributed by atoms with Gasteiger partial charge >= 0.3 is 0 Å². The molecule has 2 aliphatic rings. The quantitative estimate of drug-likeness (QED) is 0.657. The second kappa shape index (κ2) is 8.97. The van der Waals surface area contributed by atoms with Crippen LogP contribution < -0.4 is 0 Å². The van der Waals surface area contributed by atoms with E-state index < -0.39 is 24.9 Å². The fourth-order valence-corrected chi connectivity index (χ4v) is 4.49. The van der Waals surface area contributed by atoms with Gasteiger partial charge in [-0.2, -0.15) is 5.10 Å². The van der Waals surface area contributed by atoms with E-state index in [0.29, 0.717) is 31.7 Å². The van der Waals surface area contributed by atoms with Crippen LogP contribution in [-0.2, 0) is 17.9 Å². The van der Waals surface area contributed by atoms with Crippen LogP contribution >= 0.6 is 0 Å². The van der Waals surface area contributed by atoms with Crippen molar-refractivity contribution >= 4 is 11.8 Å². The van der Waals surface area contributed by atoms with Gasteiger partial charge in [0.25, 0.3) is 11.8 Å². The molecule has 2 fully saturated rings. The van der Waals surface area contributed by atoms with E-state index in [-0.39, 0.29) is 17.9 Å². The molecule has 0 spiro atoms. The molecule has 2 saturated heterocycles. The molecular weight excluding hydrogens is 416 g/mol. The number of amides is 2. The van der Waals surface area contributed by atoms with Gasteiger partial charge in [0.05, 0.1) is 18.8 Å². The Morgan fingerprint density at radius 2 is 1.91 bits per heavy atom. The minimum Gasteiger partial charge on any atom is -0.337 e. The lowest BCUT2D eigenvalue weighted by molar-refractivity contribution is -0.138. The molecule has 4 rings (SSSR count). The monoisotopic (exact) mass is 445 g/mol. The van der Waals surface area contributed by atoms with Gasteiger partial charge in [-0.15, -0.1) is 0 Å².